The van der Waals surface area contributed by atoms with Crippen molar-refractivity contribution in [1.29, 1.82) is 0 Å². The molecular weight excluding hydrogens is 692 g/mol. The van der Waals surface area contributed by atoms with Crippen molar-refractivity contribution in [3.8, 4) is 11.5 Å². The Morgan fingerprint density at radius 2 is 1.64 bits per heavy atom. The van der Waals surface area contributed by atoms with Crippen LogP contribution in [-0.2, 0) is 25.5 Å². The number of amides is 2. The Hall–Kier alpha value is -3.16. The standard InChI is InChI=1S/C36H50ClF2N3O7S/c1-5-6-22-47-31-23-26(12-17-30(31)37)36(38,39)32(33(43)42-20-18-27(19-21-42)40-34(44)49-35(2,3)4)41-50(45,46)29-15-13-28(14-16-29)48-24-25-10-8-7-9-11-25/h12-17,23,25,27,32,41H,5-11,18-22,24H2,1-4H3,(H,40,44). The number of likely N-dealkylation sites (tertiary alicyclic amines) is 1. The van der Waals surface area contributed by atoms with Crippen LogP contribution in [0.1, 0.15) is 91.0 Å². The molecule has 0 bridgehead atoms. The fourth-order valence-corrected chi connectivity index (χ4v) is 7.36. The molecule has 10 nitrogen and oxygen atoms in total. The van der Waals surface area contributed by atoms with Crippen LogP contribution in [0.4, 0.5) is 13.6 Å². The molecule has 2 amide bonds. The van der Waals surface area contributed by atoms with Gasteiger partial charge < -0.3 is 24.4 Å². The normalized spacial score (nSPS) is 17.2. The molecule has 1 unspecified atom stereocenters. The molecule has 0 aromatic heterocycles. The largest absolute Gasteiger partial charge is 0.493 e. The van der Waals surface area contributed by atoms with Crippen LogP contribution in [-0.4, -0.2) is 69.3 Å². The van der Waals surface area contributed by atoms with Crippen molar-refractivity contribution in [2.45, 2.75) is 114 Å². The topological polar surface area (TPSA) is 123 Å². The fraction of sp³-hybridized carbons (Fsp3) is 0.611. The van der Waals surface area contributed by atoms with E-state index < -0.39 is 45.2 Å². The molecule has 1 aliphatic carbocycles. The summed E-state index contributed by atoms with van der Waals surface area (Å²) in [4.78, 5) is 27.1. The van der Waals surface area contributed by atoms with Crippen molar-refractivity contribution in [3.63, 3.8) is 0 Å². The van der Waals surface area contributed by atoms with E-state index in [2.05, 4.69) is 5.32 Å². The number of carbonyl (C=O) groups excluding carboxylic acids is 2. The predicted octanol–water partition coefficient (Wildman–Crippen LogP) is 7.43. The highest BCUT2D eigenvalue weighted by Crippen LogP contribution is 2.38. The van der Waals surface area contributed by atoms with Gasteiger partial charge >= 0.3 is 6.09 Å². The lowest BCUT2D eigenvalue weighted by Gasteiger charge is -2.36. The average molecular weight is 742 g/mol. The molecule has 4 rings (SSSR count). The number of piperidine rings is 1. The molecule has 0 spiro atoms. The van der Waals surface area contributed by atoms with E-state index in [0.717, 1.165) is 44.2 Å². The fourth-order valence-electron chi connectivity index (χ4n) is 6.00. The third kappa shape index (κ3) is 11.2. The van der Waals surface area contributed by atoms with Crippen LogP contribution in [0.3, 0.4) is 0 Å². The maximum Gasteiger partial charge on any atom is 0.407 e. The number of alkyl carbamates (subject to hydrolysis) is 1. The first-order valence-corrected chi connectivity index (χ1v) is 19.3. The molecule has 1 atom stereocenters. The Morgan fingerprint density at radius 1 is 0.980 bits per heavy atom. The van der Waals surface area contributed by atoms with Gasteiger partial charge in [0.2, 0.25) is 15.9 Å². The summed E-state index contributed by atoms with van der Waals surface area (Å²) in [7, 11) is -4.63. The molecule has 50 heavy (non-hydrogen) atoms. The van der Waals surface area contributed by atoms with Gasteiger partial charge in [-0.2, -0.15) is 13.5 Å². The van der Waals surface area contributed by atoms with E-state index >= 15 is 8.78 Å². The Kier molecular flexibility index (Phi) is 13.8. The van der Waals surface area contributed by atoms with E-state index in [4.69, 9.17) is 25.8 Å². The minimum atomic E-state index is -4.63. The molecule has 2 aliphatic rings. The van der Waals surface area contributed by atoms with Gasteiger partial charge in [0.1, 0.15) is 17.1 Å². The summed E-state index contributed by atoms with van der Waals surface area (Å²) < 4.78 is 79.2. The Balaban J connectivity index is 1.55. The first-order valence-electron chi connectivity index (χ1n) is 17.4. The number of halogens is 3. The molecule has 14 heteroatoms. The molecule has 1 aliphatic heterocycles. The van der Waals surface area contributed by atoms with Gasteiger partial charge in [0.15, 0.2) is 6.04 Å². The Morgan fingerprint density at radius 3 is 2.26 bits per heavy atom. The first kappa shape index (κ1) is 39.6. The second-order valence-electron chi connectivity index (χ2n) is 14.1. The zero-order valence-corrected chi connectivity index (χ0v) is 30.9. The molecule has 2 N–H and O–H groups in total. The van der Waals surface area contributed by atoms with E-state index in [-0.39, 0.29) is 54.2 Å². The van der Waals surface area contributed by atoms with Crippen molar-refractivity contribution >= 4 is 33.6 Å². The minimum absolute atomic E-state index is 0.00388. The number of alkyl halides is 2. The van der Waals surface area contributed by atoms with Crippen LogP contribution in [0.15, 0.2) is 47.4 Å². The molecule has 2 fully saturated rings. The zero-order chi connectivity index (χ0) is 36.5. The number of hydrogen-bond donors (Lipinski definition) is 2. The van der Waals surface area contributed by atoms with Gasteiger partial charge in [0.25, 0.3) is 5.92 Å². The second kappa shape index (κ2) is 17.4. The number of ether oxygens (including phenoxy) is 3. The smallest absolute Gasteiger partial charge is 0.407 e. The van der Waals surface area contributed by atoms with Gasteiger partial charge in [-0.15, -0.1) is 0 Å². The van der Waals surface area contributed by atoms with E-state index in [1.165, 1.54) is 41.7 Å². The number of nitrogens with one attached hydrogen (secondary N) is 2. The van der Waals surface area contributed by atoms with Crippen LogP contribution in [0.25, 0.3) is 0 Å². The van der Waals surface area contributed by atoms with Crippen LogP contribution >= 0.6 is 11.6 Å². The number of benzene rings is 2. The van der Waals surface area contributed by atoms with Crippen molar-refractivity contribution in [2.24, 2.45) is 5.92 Å². The van der Waals surface area contributed by atoms with E-state index in [9.17, 15) is 18.0 Å². The lowest BCUT2D eigenvalue weighted by atomic mass is 9.90. The summed E-state index contributed by atoms with van der Waals surface area (Å²) in [5.74, 6) is -4.22. The molecule has 2 aromatic rings. The van der Waals surface area contributed by atoms with Crippen LogP contribution < -0.4 is 19.5 Å². The number of rotatable bonds is 14. The third-order valence-electron chi connectivity index (χ3n) is 8.83. The van der Waals surface area contributed by atoms with Crippen molar-refractivity contribution in [3.05, 3.63) is 53.1 Å². The second-order valence-corrected chi connectivity index (χ2v) is 16.2. The molecule has 1 saturated heterocycles. The molecule has 2 aromatic carbocycles. The lowest BCUT2D eigenvalue weighted by molar-refractivity contribution is -0.145. The number of unbranched alkanes of at least 4 members (excludes halogenated alkanes) is 1. The summed E-state index contributed by atoms with van der Waals surface area (Å²) >= 11 is 6.23. The highest BCUT2D eigenvalue weighted by Gasteiger charge is 2.50. The quantitative estimate of drug-likeness (QED) is 0.193. The maximum absolute atomic E-state index is 16.6. The highest BCUT2D eigenvalue weighted by molar-refractivity contribution is 7.89. The molecule has 1 saturated carbocycles. The van der Waals surface area contributed by atoms with Crippen LogP contribution in [0.2, 0.25) is 5.02 Å². The monoisotopic (exact) mass is 741 g/mol. The number of carbonyl (C=O) groups is 2. The molecule has 278 valence electrons. The molecular formula is C36H50ClF2N3O7S. The summed E-state index contributed by atoms with van der Waals surface area (Å²) in [6.45, 7) is 7.92. The molecule has 1 heterocycles. The summed E-state index contributed by atoms with van der Waals surface area (Å²) in [6.07, 6.45) is 7.07. The van der Waals surface area contributed by atoms with Crippen molar-refractivity contribution in [1.82, 2.24) is 14.9 Å². The Labute approximate surface area is 299 Å². The first-order chi connectivity index (χ1) is 23.6. The van der Waals surface area contributed by atoms with E-state index in [0.29, 0.717) is 24.7 Å². The predicted molar refractivity (Wildman–Crippen MR) is 187 cm³/mol. The summed E-state index contributed by atoms with van der Waals surface area (Å²) in [5.41, 5.74) is -1.34. The van der Waals surface area contributed by atoms with E-state index in [1.54, 1.807) is 20.8 Å². The highest BCUT2D eigenvalue weighted by atomic mass is 35.5. The zero-order valence-electron chi connectivity index (χ0n) is 29.3. The lowest BCUT2D eigenvalue weighted by Crippen LogP contribution is -2.58. The molecule has 0 radical (unpaired) electrons. The average Bonchev–Trinajstić information content (AvgIpc) is 3.07. The van der Waals surface area contributed by atoms with Gasteiger partial charge in [-0.3, -0.25) is 4.79 Å². The van der Waals surface area contributed by atoms with Crippen LogP contribution in [0.5, 0.6) is 11.5 Å². The SMILES string of the molecule is CCCCOc1cc(C(F)(F)C(NS(=O)(=O)c2ccc(OCC3CCCCC3)cc2)C(=O)N2CCC(NC(=O)OC(C)(C)C)CC2)ccc1Cl. The van der Waals surface area contributed by atoms with Gasteiger partial charge in [-0.25, -0.2) is 13.2 Å². The third-order valence-corrected chi connectivity index (χ3v) is 10.6. The Bertz CT molecular complexity index is 1540. The van der Waals surface area contributed by atoms with Gasteiger partial charge in [-0.1, -0.05) is 50.3 Å². The van der Waals surface area contributed by atoms with Gasteiger partial charge in [0.05, 0.1) is 23.1 Å². The number of hydrogen-bond acceptors (Lipinski definition) is 7. The van der Waals surface area contributed by atoms with Gasteiger partial charge in [-0.05, 0) is 95.2 Å². The maximum atomic E-state index is 16.6. The minimum Gasteiger partial charge on any atom is -0.493 e. The van der Waals surface area contributed by atoms with Crippen molar-refractivity contribution < 1.29 is 41.0 Å². The van der Waals surface area contributed by atoms with Crippen molar-refractivity contribution in [2.75, 3.05) is 26.3 Å². The van der Waals surface area contributed by atoms with Crippen LogP contribution in [0, 0.1) is 5.92 Å². The summed E-state index contributed by atoms with van der Waals surface area (Å²) in [5, 5.41) is 2.85. The van der Waals surface area contributed by atoms with Gasteiger partial charge in [0, 0.05) is 24.7 Å². The number of nitrogens with zero attached hydrogens (tertiary/aromatic N) is 1. The van der Waals surface area contributed by atoms with E-state index in [1.807, 2.05) is 11.6 Å². The number of sulfonamides is 1. The summed E-state index contributed by atoms with van der Waals surface area (Å²) in [6, 6.07) is 5.98.